The summed E-state index contributed by atoms with van der Waals surface area (Å²) in [6, 6.07) is 0. The number of thiocarbonyl (C=S) groups is 1. The summed E-state index contributed by atoms with van der Waals surface area (Å²) in [5.74, 6) is 0. The third-order valence-electron chi connectivity index (χ3n) is 2.96. The van der Waals surface area contributed by atoms with Crippen molar-refractivity contribution in [1.82, 2.24) is 9.47 Å². The summed E-state index contributed by atoms with van der Waals surface area (Å²) >= 11 is 12.6. The molecule has 2 rings (SSSR count). The van der Waals surface area contributed by atoms with Gasteiger partial charge in [-0.15, -0.1) is 0 Å². The van der Waals surface area contributed by atoms with Crippen LogP contribution < -0.4 is 0 Å². The highest BCUT2D eigenvalue weighted by atomic mass is 32.2. The predicted octanol–water partition coefficient (Wildman–Crippen LogP) is 3.78. The average Bonchev–Trinajstić information content (AvgIpc) is 2.86. The first kappa shape index (κ1) is 16.4. The molecule has 2 heterocycles. The second-order valence-electron chi connectivity index (χ2n) is 4.11. The number of rotatable bonds is 4. The third kappa shape index (κ3) is 3.28. The normalized spacial score (nSPS) is 17.6. The number of hydrogen-bond acceptors (Lipinski definition) is 6. The highest BCUT2D eigenvalue weighted by Crippen LogP contribution is 2.30. The van der Waals surface area contributed by atoms with Crippen LogP contribution in [-0.4, -0.2) is 30.6 Å². The second kappa shape index (κ2) is 6.87. The van der Waals surface area contributed by atoms with Crippen LogP contribution in [0.15, 0.2) is 17.8 Å². The van der Waals surface area contributed by atoms with Crippen molar-refractivity contribution in [3.63, 3.8) is 0 Å². The number of likely N-dealkylation sites (N-methyl/N-ethyl adjacent to an activating group) is 1. The molecule has 1 aliphatic rings. The van der Waals surface area contributed by atoms with Crippen LogP contribution in [0.4, 0.5) is 0 Å². The van der Waals surface area contributed by atoms with E-state index in [0.29, 0.717) is 32.8 Å². The molecule has 0 spiro atoms. The number of nitrogens with zero attached hydrogens (tertiary/aromatic N) is 2. The molecule has 0 aromatic carbocycles. The van der Waals surface area contributed by atoms with E-state index in [0.717, 1.165) is 11.8 Å². The molecule has 0 saturated carbocycles. The monoisotopic (exact) mass is 358 g/mol. The van der Waals surface area contributed by atoms with Gasteiger partial charge in [0.2, 0.25) is 5.12 Å². The van der Waals surface area contributed by atoms with Crippen molar-refractivity contribution in [1.29, 1.82) is 0 Å². The second-order valence-corrected chi connectivity index (χ2v) is 7.34. The molecule has 8 heteroatoms. The van der Waals surface area contributed by atoms with Gasteiger partial charge in [0, 0.05) is 13.1 Å². The van der Waals surface area contributed by atoms with Crippen LogP contribution in [0.25, 0.3) is 6.08 Å². The molecule has 0 radical (unpaired) electrons. The number of carbonyl (C=O) groups excluding carboxylic acids is 1. The van der Waals surface area contributed by atoms with Crippen molar-refractivity contribution in [2.24, 2.45) is 0 Å². The van der Waals surface area contributed by atoms with Gasteiger partial charge in [-0.3, -0.25) is 4.79 Å². The van der Waals surface area contributed by atoms with Crippen molar-refractivity contribution >= 4 is 63.0 Å². The van der Waals surface area contributed by atoms with E-state index >= 15 is 0 Å². The molecular weight excluding hydrogens is 344 g/mol. The SMILES string of the molecule is CCN1C(=S)SC(=O)C1=CC=Cc1c(O)sc(=S)n1CC. The molecule has 1 fully saturated rings. The highest BCUT2D eigenvalue weighted by molar-refractivity contribution is 8.33. The van der Waals surface area contributed by atoms with Crippen molar-refractivity contribution in [3.05, 3.63) is 27.5 Å². The summed E-state index contributed by atoms with van der Waals surface area (Å²) in [7, 11) is 0. The molecule has 4 nitrogen and oxygen atoms in total. The maximum atomic E-state index is 11.9. The van der Waals surface area contributed by atoms with Crippen molar-refractivity contribution in [2.75, 3.05) is 6.54 Å². The van der Waals surface area contributed by atoms with Crippen LogP contribution in [0, 0.1) is 3.95 Å². The zero-order valence-corrected chi connectivity index (χ0v) is 14.8. The molecule has 1 aromatic rings. The first-order valence-corrected chi connectivity index (χ1v) is 8.79. The molecule has 1 aromatic heterocycles. The molecule has 1 aliphatic heterocycles. The highest BCUT2D eigenvalue weighted by Gasteiger charge is 2.29. The molecule has 1 N–H and O–H groups in total. The van der Waals surface area contributed by atoms with Crippen LogP contribution in [0.1, 0.15) is 19.5 Å². The van der Waals surface area contributed by atoms with Crippen molar-refractivity contribution in [3.8, 4) is 5.06 Å². The Morgan fingerprint density at radius 2 is 2.00 bits per heavy atom. The quantitative estimate of drug-likeness (QED) is 0.653. The zero-order chi connectivity index (χ0) is 15.6. The Hall–Kier alpha value is -0.960. The largest absolute Gasteiger partial charge is 0.498 e. The smallest absolute Gasteiger partial charge is 0.242 e. The zero-order valence-electron chi connectivity index (χ0n) is 11.5. The minimum absolute atomic E-state index is 0.0478. The Balaban J connectivity index is 2.30. The van der Waals surface area contributed by atoms with Crippen LogP contribution in [0.2, 0.25) is 0 Å². The molecule has 1 saturated heterocycles. The van der Waals surface area contributed by atoms with E-state index in [1.807, 2.05) is 18.4 Å². The summed E-state index contributed by atoms with van der Waals surface area (Å²) in [4.78, 5) is 13.7. The lowest BCUT2D eigenvalue weighted by Crippen LogP contribution is -2.21. The molecular formula is C13H14N2O2S4. The maximum absolute atomic E-state index is 11.9. The van der Waals surface area contributed by atoms with Gasteiger partial charge < -0.3 is 14.6 Å². The summed E-state index contributed by atoms with van der Waals surface area (Å²) in [5.41, 5.74) is 1.23. The Morgan fingerprint density at radius 1 is 1.29 bits per heavy atom. The first-order valence-electron chi connectivity index (χ1n) is 6.34. The fourth-order valence-corrected chi connectivity index (χ4v) is 4.43. The van der Waals surface area contributed by atoms with Gasteiger partial charge in [0.25, 0.3) is 0 Å². The molecule has 0 aliphatic carbocycles. The van der Waals surface area contributed by atoms with Gasteiger partial charge in [-0.1, -0.05) is 29.6 Å². The van der Waals surface area contributed by atoms with E-state index in [9.17, 15) is 9.90 Å². The van der Waals surface area contributed by atoms with Gasteiger partial charge in [0.15, 0.2) is 9.02 Å². The Bertz CT molecular complexity index is 700. The van der Waals surface area contributed by atoms with Crippen LogP contribution in [-0.2, 0) is 11.3 Å². The van der Waals surface area contributed by atoms with E-state index in [1.165, 1.54) is 11.3 Å². The summed E-state index contributed by atoms with van der Waals surface area (Å²) in [6.07, 6.45) is 5.22. The fourth-order valence-electron chi connectivity index (χ4n) is 1.95. The van der Waals surface area contributed by atoms with Gasteiger partial charge in [0.05, 0.1) is 11.4 Å². The van der Waals surface area contributed by atoms with E-state index < -0.39 is 0 Å². The molecule has 0 atom stereocenters. The third-order valence-corrected chi connectivity index (χ3v) is 5.48. The van der Waals surface area contributed by atoms with Gasteiger partial charge in [-0.25, -0.2) is 0 Å². The van der Waals surface area contributed by atoms with E-state index in [1.54, 1.807) is 23.1 Å². The number of hydrogen-bond donors (Lipinski definition) is 1. The van der Waals surface area contributed by atoms with E-state index in [2.05, 4.69) is 0 Å². The lowest BCUT2D eigenvalue weighted by Gasteiger charge is -2.13. The lowest BCUT2D eigenvalue weighted by molar-refractivity contribution is -0.108. The topological polar surface area (TPSA) is 45.5 Å². The van der Waals surface area contributed by atoms with Gasteiger partial charge in [-0.05, 0) is 50.0 Å². The van der Waals surface area contributed by atoms with Crippen molar-refractivity contribution in [2.45, 2.75) is 20.4 Å². The minimum atomic E-state index is -0.0478. The molecule has 0 unspecified atom stereocenters. The summed E-state index contributed by atoms with van der Waals surface area (Å²) in [5, 5.41) is 10.0. The standard InChI is InChI=1S/C13H14N2O2S4/c1-3-14-8(10(16)20-12(14)18)6-5-7-9-11(17)21-13(19)15(9)4-2/h5-7,16H,3-4H2,1-2H3. The fraction of sp³-hybridized carbons (Fsp3) is 0.308. The van der Waals surface area contributed by atoms with Crippen molar-refractivity contribution < 1.29 is 9.90 Å². The number of thiazole rings is 1. The number of aromatic nitrogens is 1. The lowest BCUT2D eigenvalue weighted by atomic mass is 10.3. The van der Waals surface area contributed by atoms with Gasteiger partial charge in [-0.2, -0.15) is 0 Å². The van der Waals surface area contributed by atoms with E-state index in [-0.39, 0.29) is 10.2 Å². The molecule has 112 valence electrons. The number of thioether (sulfide) groups is 1. The summed E-state index contributed by atoms with van der Waals surface area (Å²) < 4.78 is 3.06. The Morgan fingerprint density at radius 3 is 2.62 bits per heavy atom. The maximum Gasteiger partial charge on any atom is 0.242 e. The number of aromatic hydroxyl groups is 1. The number of carbonyl (C=O) groups is 1. The van der Waals surface area contributed by atoms with Crippen LogP contribution in [0.3, 0.4) is 0 Å². The summed E-state index contributed by atoms with van der Waals surface area (Å²) in [6.45, 7) is 5.26. The average molecular weight is 359 g/mol. The van der Waals surface area contributed by atoms with E-state index in [4.69, 9.17) is 24.4 Å². The Labute approximate surface area is 141 Å². The first-order chi connectivity index (χ1) is 9.99. The molecule has 21 heavy (non-hydrogen) atoms. The minimum Gasteiger partial charge on any atom is -0.498 e. The predicted molar refractivity (Wildman–Crippen MR) is 95.2 cm³/mol. The Kier molecular flexibility index (Phi) is 5.37. The molecule has 0 amide bonds. The van der Waals surface area contributed by atoms with Gasteiger partial charge >= 0.3 is 0 Å². The number of allylic oxidation sites excluding steroid dienone is 2. The molecule has 0 bridgehead atoms. The van der Waals surface area contributed by atoms with Crippen LogP contribution in [0.5, 0.6) is 5.06 Å². The van der Waals surface area contributed by atoms with Gasteiger partial charge in [0.1, 0.15) is 4.32 Å². The van der Waals surface area contributed by atoms with Crippen LogP contribution >= 0.6 is 47.5 Å².